The van der Waals surface area contributed by atoms with Gasteiger partial charge in [-0.2, -0.15) is 0 Å². The lowest BCUT2D eigenvalue weighted by Crippen LogP contribution is -2.36. The van der Waals surface area contributed by atoms with E-state index in [0.29, 0.717) is 6.04 Å². The van der Waals surface area contributed by atoms with Gasteiger partial charge < -0.3 is 5.32 Å². The van der Waals surface area contributed by atoms with Crippen molar-refractivity contribution in [2.45, 2.75) is 53.5 Å². The van der Waals surface area contributed by atoms with Crippen LogP contribution in [0.2, 0.25) is 0 Å². The smallest absolute Gasteiger partial charge is 0.0133 e. The lowest BCUT2D eigenvalue weighted by atomic mass is 9.92. The summed E-state index contributed by atoms with van der Waals surface area (Å²) in [5.74, 6) is 0.733. The van der Waals surface area contributed by atoms with E-state index in [4.69, 9.17) is 0 Å². The van der Waals surface area contributed by atoms with E-state index in [1.54, 1.807) is 0 Å². The highest BCUT2D eigenvalue weighted by atomic mass is 14.9. The fourth-order valence-electron chi connectivity index (χ4n) is 2.21. The summed E-state index contributed by atoms with van der Waals surface area (Å²) in [6.45, 7) is 12.2. The Morgan fingerprint density at radius 1 is 1.12 bits per heavy atom. The van der Waals surface area contributed by atoms with Gasteiger partial charge in [0.2, 0.25) is 0 Å². The van der Waals surface area contributed by atoms with Gasteiger partial charge in [-0.1, -0.05) is 45.4 Å². The second kappa shape index (κ2) is 6.80. The molecule has 2 unspecified atom stereocenters. The molecule has 1 aromatic carbocycles. The summed E-state index contributed by atoms with van der Waals surface area (Å²) < 4.78 is 0. The zero-order chi connectivity index (χ0) is 12.8. The molecule has 2 atom stereocenters. The lowest BCUT2D eigenvalue weighted by molar-refractivity contribution is 0.371. The van der Waals surface area contributed by atoms with Gasteiger partial charge in [0.05, 0.1) is 0 Å². The van der Waals surface area contributed by atoms with Crippen molar-refractivity contribution >= 4 is 0 Å². The van der Waals surface area contributed by atoms with Crippen molar-refractivity contribution in [2.24, 2.45) is 5.92 Å². The number of rotatable bonds is 6. The van der Waals surface area contributed by atoms with E-state index in [2.05, 4.69) is 58.1 Å². The zero-order valence-electron chi connectivity index (χ0n) is 12.0. The Hall–Kier alpha value is -0.820. The van der Waals surface area contributed by atoms with E-state index in [9.17, 15) is 0 Å². The fraction of sp³-hybridized carbons (Fsp3) is 0.625. The topological polar surface area (TPSA) is 12.0 Å². The summed E-state index contributed by atoms with van der Waals surface area (Å²) in [6, 6.07) is 7.45. The number of aryl methyl sites for hydroxylation is 2. The van der Waals surface area contributed by atoms with Crippen molar-refractivity contribution in [3.8, 4) is 0 Å². The van der Waals surface area contributed by atoms with Crippen LogP contribution in [0.3, 0.4) is 0 Å². The molecule has 0 bridgehead atoms. The number of hydrogen-bond acceptors (Lipinski definition) is 1. The number of likely N-dealkylation sites (N-methyl/N-ethyl adjacent to an activating group) is 1. The second-order valence-electron chi connectivity index (χ2n) is 5.17. The maximum absolute atomic E-state index is 3.62. The highest BCUT2D eigenvalue weighted by Crippen LogP contribution is 2.16. The Kier molecular flexibility index (Phi) is 5.70. The molecule has 0 aliphatic carbocycles. The van der Waals surface area contributed by atoms with Crippen molar-refractivity contribution in [1.29, 1.82) is 0 Å². The summed E-state index contributed by atoms with van der Waals surface area (Å²) in [4.78, 5) is 0. The summed E-state index contributed by atoms with van der Waals surface area (Å²) >= 11 is 0. The van der Waals surface area contributed by atoms with Gasteiger partial charge in [0.25, 0.3) is 0 Å². The quantitative estimate of drug-likeness (QED) is 0.786. The second-order valence-corrected chi connectivity index (χ2v) is 5.17. The SMILES string of the molecule is CCNC(Cc1ccc(C)c(C)c1)C(C)CC. The zero-order valence-corrected chi connectivity index (χ0v) is 12.0. The van der Waals surface area contributed by atoms with E-state index < -0.39 is 0 Å². The average Bonchev–Trinajstić information content (AvgIpc) is 2.32. The van der Waals surface area contributed by atoms with Crippen LogP contribution in [0.25, 0.3) is 0 Å². The predicted octanol–water partition coefficient (Wildman–Crippen LogP) is 3.87. The first-order valence-corrected chi connectivity index (χ1v) is 6.88. The van der Waals surface area contributed by atoms with E-state index in [0.717, 1.165) is 18.9 Å². The number of benzene rings is 1. The largest absolute Gasteiger partial charge is 0.314 e. The molecule has 0 radical (unpaired) electrons. The van der Waals surface area contributed by atoms with Crippen LogP contribution in [0.15, 0.2) is 18.2 Å². The molecular weight excluding hydrogens is 206 g/mol. The van der Waals surface area contributed by atoms with E-state index >= 15 is 0 Å². The van der Waals surface area contributed by atoms with Crippen molar-refractivity contribution in [2.75, 3.05) is 6.54 Å². The molecule has 0 aromatic heterocycles. The molecule has 0 saturated carbocycles. The van der Waals surface area contributed by atoms with Crippen LogP contribution in [0.5, 0.6) is 0 Å². The van der Waals surface area contributed by atoms with Crippen LogP contribution in [-0.2, 0) is 6.42 Å². The molecule has 0 saturated heterocycles. The molecule has 0 amide bonds. The molecule has 0 heterocycles. The normalized spacial score (nSPS) is 14.6. The minimum absolute atomic E-state index is 0.604. The van der Waals surface area contributed by atoms with Crippen LogP contribution < -0.4 is 5.32 Å². The molecule has 96 valence electrons. The molecule has 1 N–H and O–H groups in total. The van der Waals surface area contributed by atoms with E-state index in [1.165, 1.54) is 23.1 Å². The third-order valence-corrected chi connectivity index (χ3v) is 3.82. The Bertz CT molecular complexity index is 343. The monoisotopic (exact) mass is 233 g/mol. The highest BCUT2D eigenvalue weighted by Gasteiger charge is 2.15. The third-order valence-electron chi connectivity index (χ3n) is 3.82. The first-order chi connectivity index (χ1) is 8.08. The van der Waals surface area contributed by atoms with Crippen LogP contribution >= 0.6 is 0 Å². The third kappa shape index (κ3) is 4.16. The Labute approximate surface area is 107 Å². The lowest BCUT2D eigenvalue weighted by Gasteiger charge is -2.24. The molecular formula is C16H27N. The molecule has 1 nitrogen and oxygen atoms in total. The van der Waals surface area contributed by atoms with Crippen molar-refractivity contribution in [1.82, 2.24) is 5.32 Å². The van der Waals surface area contributed by atoms with E-state index in [1.807, 2.05) is 0 Å². The van der Waals surface area contributed by atoms with E-state index in [-0.39, 0.29) is 0 Å². The van der Waals surface area contributed by atoms with Crippen molar-refractivity contribution in [3.63, 3.8) is 0 Å². The Morgan fingerprint density at radius 2 is 1.82 bits per heavy atom. The van der Waals surface area contributed by atoms with Gasteiger partial charge in [-0.25, -0.2) is 0 Å². The van der Waals surface area contributed by atoms with Gasteiger partial charge in [-0.05, 0) is 49.4 Å². The first kappa shape index (κ1) is 14.2. The number of hydrogen-bond donors (Lipinski definition) is 1. The molecule has 1 aromatic rings. The maximum Gasteiger partial charge on any atom is 0.0133 e. The molecule has 1 heteroatoms. The summed E-state index contributed by atoms with van der Waals surface area (Å²) in [5.41, 5.74) is 4.25. The minimum atomic E-state index is 0.604. The van der Waals surface area contributed by atoms with Crippen LogP contribution in [-0.4, -0.2) is 12.6 Å². The molecule has 0 spiro atoms. The standard InChI is InChI=1S/C16H27N/c1-6-12(3)16(17-7-2)11-15-9-8-13(4)14(5)10-15/h8-10,12,16-17H,6-7,11H2,1-5H3. The predicted molar refractivity (Wildman–Crippen MR) is 76.5 cm³/mol. The van der Waals surface area contributed by atoms with Gasteiger partial charge in [-0.3, -0.25) is 0 Å². The minimum Gasteiger partial charge on any atom is -0.314 e. The molecule has 0 aliphatic rings. The maximum atomic E-state index is 3.62. The van der Waals surface area contributed by atoms with Gasteiger partial charge in [0, 0.05) is 6.04 Å². The van der Waals surface area contributed by atoms with Crippen molar-refractivity contribution in [3.05, 3.63) is 34.9 Å². The molecule has 0 fully saturated rings. The molecule has 17 heavy (non-hydrogen) atoms. The van der Waals surface area contributed by atoms with Crippen LogP contribution in [0, 0.1) is 19.8 Å². The Morgan fingerprint density at radius 3 is 2.35 bits per heavy atom. The fourth-order valence-corrected chi connectivity index (χ4v) is 2.21. The summed E-state index contributed by atoms with van der Waals surface area (Å²) in [7, 11) is 0. The van der Waals surface area contributed by atoms with Gasteiger partial charge in [0.15, 0.2) is 0 Å². The average molecular weight is 233 g/mol. The molecule has 0 aliphatic heterocycles. The summed E-state index contributed by atoms with van der Waals surface area (Å²) in [6.07, 6.45) is 2.38. The van der Waals surface area contributed by atoms with Crippen LogP contribution in [0.4, 0.5) is 0 Å². The number of nitrogens with one attached hydrogen (secondary N) is 1. The first-order valence-electron chi connectivity index (χ1n) is 6.88. The van der Waals surface area contributed by atoms with Gasteiger partial charge in [0.1, 0.15) is 0 Å². The van der Waals surface area contributed by atoms with Crippen molar-refractivity contribution < 1.29 is 0 Å². The van der Waals surface area contributed by atoms with Crippen LogP contribution in [0.1, 0.15) is 43.9 Å². The summed E-state index contributed by atoms with van der Waals surface area (Å²) in [5, 5.41) is 3.62. The molecule has 1 rings (SSSR count). The van der Waals surface area contributed by atoms with Gasteiger partial charge in [-0.15, -0.1) is 0 Å². The Balaban J connectivity index is 2.74. The van der Waals surface area contributed by atoms with Gasteiger partial charge >= 0.3 is 0 Å². The highest BCUT2D eigenvalue weighted by molar-refractivity contribution is 5.30.